The van der Waals surface area contributed by atoms with E-state index in [4.69, 9.17) is 4.74 Å². The van der Waals surface area contributed by atoms with E-state index in [1.54, 1.807) is 0 Å². The molecular formula is C14H19NO2. The fraction of sp³-hybridized carbons (Fsp3) is 0.500. The largest absolute Gasteiger partial charge is 0.469 e. The summed E-state index contributed by atoms with van der Waals surface area (Å²) in [5.41, 5.74) is 3.68. The van der Waals surface area contributed by atoms with Crippen LogP contribution in [0.3, 0.4) is 0 Å². The standard InChI is InChI=1S/C14H19NO2/c1-9-5-4-6-11-12(7-13(16)17-3)10(2)8-15-14(9)11/h4-6,10,12,15H,7-8H2,1-3H3. The second-order valence-corrected chi connectivity index (χ2v) is 4.78. The van der Waals surface area contributed by atoms with E-state index in [2.05, 4.69) is 37.4 Å². The Labute approximate surface area is 102 Å². The van der Waals surface area contributed by atoms with Crippen molar-refractivity contribution in [1.29, 1.82) is 0 Å². The summed E-state index contributed by atoms with van der Waals surface area (Å²) in [5, 5.41) is 3.45. The molecule has 0 bridgehead atoms. The Morgan fingerprint density at radius 2 is 2.29 bits per heavy atom. The predicted octanol–water partition coefficient (Wildman–Crippen LogP) is 2.70. The number of rotatable bonds is 2. The zero-order valence-electron chi connectivity index (χ0n) is 10.6. The van der Waals surface area contributed by atoms with Gasteiger partial charge in [0.2, 0.25) is 0 Å². The van der Waals surface area contributed by atoms with E-state index in [0.717, 1.165) is 6.54 Å². The fourth-order valence-electron chi connectivity index (χ4n) is 2.53. The lowest BCUT2D eigenvalue weighted by Gasteiger charge is -2.32. The lowest BCUT2D eigenvalue weighted by Crippen LogP contribution is -2.28. The summed E-state index contributed by atoms with van der Waals surface area (Å²) in [7, 11) is 1.45. The van der Waals surface area contributed by atoms with Gasteiger partial charge in [0.1, 0.15) is 0 Å². The topological polar surface area (TPSA) is 38.3 Å². The highest BCUT2D eigenvalue weighted by Gasteiger charge is 2.29. The molecule has 0 spiro atoms. The third-order valence-corrected chi connectivity index (χ3v) is 3.61. The highest BCUT2D eigenvalue weighted by molar-refractivity contribution is 5.72. The molecule has 92 valence electrons. The van der Waals surface area contributed by atoms with Crippen LogP contribution in [0, 0.1) is 12.8 Å². The minimum absolute atomic E-state index is 0.129. The molecule has 0 aliphatic carbocycles. The van der Waals surface area contributed by atoms with Gasteiger partial charge < -0.3 is 10.1 Å². The quantitative estimate of drug-likeness (QED) is 0.798. The molecule has 3 nitrogen and oxygen atoms in total. The van der Waals surface area contributed by atoms with Crippen molar-refractivity contribution in [3.63, 3.8) is 0 Å². The van der Waals surface area contributed by atoms with Crippen molar-refractivity contribution in [2.45, 2.75) is 26.2 Å². The van der Waals surface area contributed by atoms with Crippen molar-refractivity contribution >= 4 is 11.7 Å². The average molecular weight is 233 g/mol. The molecule has 1 aromatic carbocycles. The fourth-order valence-corrected chi connectivity index (χ4v) is 2.53. The first-order valence-electron chi connectivity index (χ1n) is 6.03. The van der Waals surface area contributed by atoms with Gasteiger partial charge in [0.25, 0.3) is 0 Å². The summed E-state index contributed by atoms with van der Waals surface area (Å²) < 4.78 is 4.79. The van der Waals surface area contributed by atoms with E-state index < -0.39 is 0 Å². The number of hydrogen-bond donors (Lipinski definition) is 1. The summed E-state index contributed by atoms with van der Waals surface area (Å²) in [5.74, 6) is 0.582. The minimum Gasteiger partial charge on any atom is -0.469 e. The molecule has 2 unspecified atom stereocenters. The number of fused-ring (bicyclic) bond motifs is 1. The number of hydrogen-bond acceptors (Lipinski definition) is 3. The van der Waals surface area contributed by atoms with Crippen LogP contribution >= 0.6 is 0 Å². The third kappa shape index (κ3) is 2.28. The second kappa shape index (κ2) is 4.78. The highest BCUT2D eigenvalue weighted by atomic mass is 16.5. The Kier molecular flexibility index (Phi) is 3.36. The summed E-state index contributed by atoms with van der Waals surface area (Å²) in [6.07, 6.45) is 0.468. The Balaban J connectivity index is 2.33. The molecule has 1 aliphatic heterocycles. The van der Waals surface area contributed by atoms with Gasteiger partial charge in [-0.1, -0.05) is 25.1 Å². The van der Waals surface area contributed by atoms with Gasteiger partial charge >= 0.3 is 5.97 Å². The van der Waals surface area contributed by atoms with E-state index in [1.807, 2.05) is 0 Å². The van der Waals surface area contributed by atoms with E-state index in [1.165, 1.54) is 23.9 Å². The first-order chi connectivity index (χ1) is 8.13. The Morgan fingerprint density at radius 1 is 1.53 bits per heavy atom. The maximum atomic E-state index is 11.5. The lowest BCUT2D eigenvalue weighted by molar-refractivity contribution is -0.141. The monoisotopic (exact) mass is 233 g/mol. The van der Waals surface area contributed by atoms with E-state index in [0.29, 0.717) is 12.3 Å². The first-order valence-corrected chi connectivity index (χ1v) is 6.03. The van der Waals surface area contributed by atoms with Gasteiger partial charge in [-0.15, -0.1) is 0 Å². The molecule has 1 N–H and O–H groups in total. The van der Waals surface area contributed by atoms with Crippen LogP contribution in [0.4, 0.5) is 5.69 Å². The maximum Gasteiger partial charge on any atom is 0.306 e. The molecule has 0 aromatic heterocycles. The van der Waals surface area contributed by atoms with Crippen molar-refractivity contribution in [2.24, 2.45) is 5.92 Å². The number of aryl methyl sites for hydroxylation is 1. The van der Waals surface area contributed by atoms with Crippen LogP contribution in [0.15, 0.2) is 18.2 Å². The van der Waals surface area contributed by atoms with Gasteiger partial charge in [-0.05, 0) is 24.0 Å². The Bertz CT molecular complexity index is 428. The van der Waals surface area contributed by atoms with Crippen LogP contribution in [-0.2, 0) is 9.53 Å². The zero-order valence-corrected chi connectivity index (χ0v) is 10.6. The Morgan fingerprint density at radius 3 is 3.00 bits per heavy atom. The molecule has 0 radical (unpaired) electrons. The molecule has 0 amide bonds. The van der Waals surface area contributed by atoms with E-state index in [9.17, 15) is 4.79 Å². The molecule has 3 heteroatoms. The SMILES string of the molecule is COC(=O)CC1c2cccc(C)c2NCC1C. The van der Waals surface area contributed by atoms with Crippen LogP contribution in [0.5, 0.6) is 0 Å². The lowest BCUT2D eigenvalue weighted by atomic mass is 9.80. The van der Waals surface area contributed by atoms with Crippen LogP contribution in [0.1, 0.15) is 30.4 Å². The molecule has 2 rings (SSSR count). The number of carbonyl (C=O) groups excluding carboxylic acids is 1. The van der Waals surface area contributed by atoms with Crippen molar-refractivity contribution in [1.82, 2.24) is 0 Å². The molecule has 0 fully saturated rings. The molecule has 1 aromatic rings. The number of nitrogens with one attached hydrogen (secondary N) is 1. The van der Waals surface area contributed by atoms with Crippen molar-refractivity contribution in [3.05, 3.63) is 29.3 Å². The number of carbonyl (C=O) groups is 1. The number of benzene rings is 1. The normalized spacial score (nSPS) is 22.5. The molecule has 1 aliphatic rings. The number of anilines is 1. The Hall–Kier alpha value is -1.51. The number of para-hydroxylation sites is 1. The summed E-state index contributed by atoms with van der Waals surface area (Å²) >= 11 is 0. The van der Waals surface area contributed by atoms with Gasteiger partial charge in [0.15, 0.2) is 0 Å². The number of methoxy groups -OCH3 is 1. The minimum atomic E-state index is -0.129. The molecule has 1 heterocycles. The third-order valence-electron chi connectivity index (χ3n) is 3.61. The van der Waals surface area contributed by atoms with Crippen LogP contribution in [0.25, 0.3) is 0 Å². The van der Waals surface area contributed by atoms with Crippen molar-refractivity contribution in [2.75, 3.05) is 19.0 Å². The van der Waals surface area contributed by atoms with Crippen molar-refractivity contribution < 1.29 is 9.53 Å². The van der Waals surface area contributed by atoms with Gasteiger partial charge in [0.05, 0.1) is 13.5 Å². The number of ether oxygens (including phenoxy) is 1. The van der Waals surface area contributed by atoms with Gasteiger partial charge in [-0.2, -0.15) is 0 Å². The van der Waals surface area contributed by atoms with Gasteiger partial charge in [-0.3, -0.25) is 4.79 Å². The summed E-state index contributed by atoms with van der Waals surface area (Å²) in [6, 6.07) is 6.26. The number of esters is 1. The average Bonchev–Trinajstić information content (AvgIpc) is 2.33. The van der Waals surface area contributed by atoms with E-state index >= 15 is 0 Å². The van der Waals surface area contributed by atoms with Crippen LogP contribution in [0.2, 0.25) is 0 Å². The van der Waals surface area contributed by atoms with Crippen molar-refractivity contribution in [3.8, 4) is 0 Å². The molecule has 0 saturated heterocycles. The first kappa shape index (κ1) is 12.0. The van der Waals surface area contributed by atoms with Gasteiger partial charge in [0, 0.05) is 18.2 Å². The molecule has 17 heavy (non-hydrogen) atoms. The maximum absolute atomic E-state index is 11.5. The molecular weight excluding hydrogens is 214 g/mol. The summed E-state index contributed by atoms with van der Waals surface area (Å²) in [4.78, 5) is 11.5. The zero-order chi connectivity index (χ0) is 12.4. The molecule has 0 saturated carbocycles. The van der Waals surface area contributed by atoms with E-state index in [-0.39, 0.29) is 11.9 Å². The summed E-state index contributed by atoms with van der Waals surface area (Å²) in [6.45, 7) is 5.18. The molecule has 2 atom stereocenters. The second-order valence-electron chi connectivity index (χ2n) is 4.78. The highest BCUT2D eigenvalue weighted by Crippen LogP contribution is 2.38. The smallest absolute Gasteiger partial charge is 0.306 e. The predicted molar refractivity (Wildman–Crippen MR) is 68.2 cm³/mol. The van der Waals surface area contributed by atoms with Gasteiger partial charge in [-0.25, -0.2) is 0 Å². The van der Waals surface area contributed by atoms with Crippen LogP contribution in [-0.4, -0.2) is 19.6 Å². The van der Waals surface area contributed by atoms with Crippen LogP contribution < -0.4 is 5.32 Å².